The van der Waals surface area contributed by atoms with Crippen molar-refractivity contribution in [1.82, 2.24) is 0 Å². The minimum absolute atomic E-state index is 0.200. The van der Waals surface area contributed by atoms with Gasteiger partial charge in [-0.1, -0.05) is 6.92 Å². The van der Waals surface area contributed by atoms with Crippen LogP contribution in [0.25, 0.3) is 0 Å². The predicted octanol–water partition coefficient (Wildman–Crippen LogP) is -2.52. The predicted molar refractivity (Wildman–Crippen MR) is 79.9 cm³/mol. The minimum atomic E-state index is -1.42. The summed E-state index contributed by atoms with van der Waals surface area (Å²) in [6.45, 7) is 1.80. The van der Waals surface area contributed by atoms with Crippen LogP contribution in [0, 0.1) is 0 Å². The molecule has 2 aliphatic heterocycles. The van der Waals surface area contributed by atoms with E-state index in [9.17, 15) is 30.6 Å². The van der Waals surface area contributed by atoms with Crippen molar-refractivity contribution in [3.05, 3.63) is 0 Å². The highest BCUT2D eigenvalue weighted by atomic mass is 16.7. The number of aliphatic hydroxyl groups is 6. The van der Waals surface area contributed by atoms with Gasteiger partial charge in [-0.05, 0) is 19.3 Å². The van der Waals surface area contributed by atoms with Crippen LogP contribution < -0.4 is 0 Å². The molecule has 24 heavy (non-hydrogen) atoms. The van der Waals surface area contributed by atoms with Crippen molar-refractivity contribution >= 4 is 0 Å². The fourth-order valence-corrected chi connectivity index (χ4v) is 3.28. The Hall–Kier alpha value is -0.360. The van der Waals surface area contributed by atoms with Crippen LogP contribution in [-0.4, -0.2) is 99.0 Å². The van der Waals surface area contributed by atoms with Crippen LogP contribution in [0.5, 0.6) is 0 Å². The van der Waals surface area contributed by atoms with E-state index in [1.54, 1.807) is 6.92 Å². The first kappa shape index (κ1) is 20.0. The van der Waals surface area contributed by atoms with Gasteiger partial charge in [0.2, 0.25) is 0 Å². The Morgan fingerprint density at radius 1 is 0.667 bits per heavy atom. The first-order valence-electron chi connectivity index (χ1n) is 8.23. The van der Waals surface area contributed by atoms with Crippen molar-refractivity contribution in [3.63, 3.8) is 0 Å². The fourth-order valence-electron chi connectivity index (χ4n) is 3.28. The van der Waals surface area contributed by atoms with Crippen molar-refractivity contribution in [2.24, 2.45) is 0 Å². The second-order valence-corrected chi connectivity index (χ2v) is 6.42. The van der Waals surface area contributed by atoms with Gasteiger partial charge in [0.15, 0.2) is 6.29 Å². The Labute approximate surface area is 140 Å². The van der Waals surface area contributed by atoms with Crippen molar-refractivity contribution in [2.75, 3.05) is 7.11 Å². The van der Waals surface area contributed by atoms with E-state index in [2.05, 4.69) is 0 Å². The summed E-state index contributed by atoms with van der Waals surface area (Å²) in [7, 11) is 1.31. The van der Waals surface area contributed by atoms with Crippen molar-refractivity contribution in [1.29, 1.82) is 0 Å². The summed E-state index contributed by atoms with van der Waals surface area (Å²) in [6.07, 6.45) is -10.2. The highest BCUT2D eigenvalue weighted by Crippen LogP contribution is 2.29. The monoisotopic (exact) mass is 352 g/mol. The number of ether oxygens (including phenoxy) is 3. The van der Waals surface area contributed by atoms with Gasteiger partial charge in [0.05, 0.1) is 18.3 Å². The SMILES string of the molecule is CC[C@H]1O[C@@H](CCC2O[C@H](OC)[C@H](O)[C@@H](O)[C@@H]2O)[C@H](O)[C@@H](O)[C@@H]1O. The average Bonchev–Trinajstić information content (AvgIpc) is 2.58. The van der Waals surface area contributed by atoms with Crippen LogP contribution in [0.3, 0.4) is 0 Å². The van der Waals surface area contributed by atoms with E-state index in [-0.39, 0.29) is 12.8 Å². The second kappa shape index (κ2) is 8.35. The first-order chi connectivity index (χ1) is 11.3. The van der Waals surface area contributed by atoms with Gasteiger partial charge in [0, 0.05) is 7.11 Å². The molecule has 2 rings (SSSR count). The Balaban J connectivity index is 1.96. The van der Waals surface area contributed by atoms with E-state index in [0.29, 0.717) is 6.42 Å². The van der Waals surface area contributed by atoms with Crippen LogP contribution in [0.15, 0.2) is 0 Å². The van der Waals surface area contributed by atoms with Crippen LogP contribution in [0.1, 0.15) is 26.2 Å². The lowest BCUT2D eigenvalue weighted by atomic mass is 9.89. The molecule has 142 valence electrons. The molecule has 0 spiro atoms. The molecule has 2 heterocycles. The lowest BCUT2D eigenvalue weighted by molar-refractivity contribution is -0.293. The minimum Gasteiger partial charge on any atom is -0.388 e. The van der Waals surface area contributed by atoms with Crippen molar-refractivity contribution < 1.29 is 44.8 Å². The van der Waals surface area contributed by atoms with E-state index >= 15 is 0 Å². The first-order valence-corrected chi connectivity index (χ1v) is 8.23. The third-order valence-electron chi connectivity index (χ3n) is 4.85. The third kappa shape index (κ3) is 3.90. The lowest BCUT2D eigenvalue weighted by Crippen LogP contribution is -2.59. The van der Waals surface area contributed by atoms with Crippen LogP contribution in [0.2, 0.25) is 0 Å². The molecule has 0 saturated carbocycles. The molecule has 10 atom stereocenters. The van der Waals surface area contributed by atoms with E-state index in [1.165, 1.54) is 7.11 Å². The number of hydrogen-bond acceptors (Lipinski definition) is 9. The van der Waals surface area contributed by atoms with E-state index < -0.39 is 61.2 Å². The van der Waals surface area contributed by atoms with Gasteiger partial charge in [-0.25, -0.2) is 0 Å². The average molecular weight is 352 g/mol. The third-order valence-corrected chi connectivity index (χ3v) is 4.85. The fraction of sp³-hybridized carbons (Fsp3) is 1.00. The molecular weight excluding hydrogens is 324 g/mol. The Bertz CT molecular complexity index is 355. The van der Waals surface area contributed by atoms with E-state index in [1.807, 2.05) is 0 Å². The Kier molecular flexibility index (Phi) is 6.94. The smallest absolute Gasteiger partial charge is 0.186 e. The second-order valence-electron chi connectivity index (χ2n) is 6.42. The molecule has 9 heteroatoms. The summed E-state index contributed by atoms with van der Waals surface area (Å²) in [6, 6.07) is 0. The Morgan fingerprint density at radius 2 is 1.12 bits per heavy atom. The van der Waals surface area contributed by atoms with Gasteiger partial charge in [0.1, 0.15) is 36.6 Å². The maximum Gasteiger partial charge on any atom is 0.186 e. The summed E-state index contributed by atoms with van der Waals surface area (Å²) in [5.74, 6) is 0. The summed E-state index contributed by atoms with van der Waals surface area (Å²) < 4.78 is 16.0. The highest BCUT2D eigenvalue weighted by Gasteiger charge is 2.46. The molecule has 2 aliphatic rings. The molecule has 2 saturated heterocycles. The van der Waals surface area contributed by atoms with Crippen molar-refractivity contribution in [3.8, 4) is 0 Å². The van der Waals surface area contributed by atoms with Gasteiger partial charge in [0.25, 0.3) is 0 Å². The summed E-state index contributed by atoms with van der Waals surface area (Å²) in [5.41, 5.74) is 0. The van der Waals surface area contributed by atoms with Gasteiger partial charge in [-0.15, -0.1) is 0 Å². The van der Waals surface area contributed by atoms with E-state index in [4.69, 9.17) is 14.2 Å². The van der Waals surface area contributed by atoms with Crippen LogP contribution in [-0.2, 0) is 14.2 Å². The highest BCUT2D eigenvalue weighted by molar-refractivity contribution is 4.94. The zero-order valence-electron chi connectivity index (χ0n) is 13.8. The van der Waals surface area contributed by atoms with Gasteiger partial charge < -0.3 is 44.8 Å². The topological polar surface area (TPSA) is 149 Å². The van der Waals surface area contributed by atoms with Crippen LogP contribution >= 0.6 is 0 Å². The normalized spacial score (nSPS) is 50.0. The quantitative estimate of drug-likeness (QED) is 0.315. The number of methoxy groups -OCH3 is 1. The maximum atomic E-state index is 10.1. The van der Waals surface area contributed by atoms with Gasteiger partial charge in [-0.3, -0.25) is 0 Å². The molecule has 0 amide bonds. The van der Waals surface area contributed by atoms with Crippen molar-refractivity contribution in [2.45, 2.75) is 87.4 Å². The summed E-state index contributed by atoms with van der Waals surface area (Å²) in [5, 5.41) is 59.4. The zero-order valence-corrected chi connectivity index (χ0v) is 13.8. The molecular formula is C15H28O9. The zero-order chi connectivity index (χ0) is 18.0. The van der Waals surface area contributed by atoms with Gasteiger partial charge >= 0.3 is 0 Å². The molecule has 0 aromatic rings. The molecule has 6 N–H and O–H groups in total. The van der Waals surface area contributed by atoms with Crippen LogP contribution in [0.4, 0.5) is 0 Å². The molecule has 9 nitrogen and oxygen atoms in total. The number of aliphatic hydroxyl groups excluding tert-OH is 6. The summed E-state index contributed by atoms with van der Waals surface area (Å²) >= 11 is 0. The molecule has 0 aromatic carbocycles. The molecule has 0 radical (unpaired) electrons. The molecule has 0 aromatic heterocycles. The summed E-state index contributed by atoms with van der Waals surface area (Å²) in [4.78, 5) is 0. The largest absolute Gasteiger partial charge is 0.388 e. The number of rotatable bonds is 5. The molecule has 2 fully saturated rings. The molecule has 0 aliphatic carbocycles. The number of hydrogen-bond donors (Lipinski definition) is 6. The maximum absolute atomic E-state index is 10.1. The molecule has 1 unspecified atom stereocenters. The standard InChI is InChI=1S/C15H28O9/c1-3-6-9(16)12(19)10(17)7(23-6)4-5-8-11(18)13(20)14(21)15(22-2)24-8/h6-21H,3-5H2,1-2H3/t6-,7+,8?,9-,10+,11-,12+,13+,14-,15+/m1/s1. The van der Waals surface area contributed by atoms with Gasteiger partial charge in [-0.2, -0.15) is 0 Å². The lowest BCUT2D eigenvalue weighted by Gasteiger charge is -2.42. The Morgan fingerprint density at radius 3 is 1.62 bits per heavy atom. The van der Waals surface area contributed by atoms with E-state index in [0.717, 1.165) is 0 Å². The molecule has 0 bridgehead atoms.